The summed E-state index contributed by atoms with van der Waals surface area (Å²) in [7, 11) is 1.31. The van der Waals surface area contributed by atoms with Gasteiger partial charge in [0.25, 0.3) is 0 Å². The molecule has 0 aliphatic carbocycles. The first kappa shape index (κ1) is 23.3. The van der Waals surface area contributed by atoms with Crippen LogP contribution in [0.4, 0.5) is 30.7 Å². The van der Waals surface area contributed by atoms with Crippen molar-refractivity contribution in [2.75, 3.05) is 7.11 Å². The second-order valence-electron chi connectivity index (χ2n) is 6.20. The number of hydrogen-bond acceptors (Lipinski definition) is 4. The standard InChI is InChI=1S/C19H17F7N2O2/c1-12-3-5-13(6-4-12)11-30-15-8-7-14(9-16(15)29-2)10-27-28-19(25,26)17(20,21)18(22,23)24/h3-10,28H,11H2,1-2H3/b27-10+. The first-order chi connectivity index (χ1) is 13.9. The van der Waals surface area contributed by atoms with E-state index >= 15 is 0 Å². The van der Waals surface area contributed by atoms with Gasteiger partial charge in [0.1, 0.15) is 6.61 Å². The van der Waals surface area contributed by atoms with Crippen LogP contribution in [0.15, 0.2) is 47.6 Å². The van der Waals surface area contributed by atoms with Crippen molar-refractivity contribution >= 4 is 6.21 Å². The highest BCUT2D eigenvalue weighted by Crippen LogP contribution is 2.45. The molecule has 0 aliphatic heterocycles. The number of halogens is 7. The molecule has 0 bridgehead atoms. The SMILES string of the molecule is COc1cc(/C=N/NC(F)(F)C(F)(F)C(F)(F)F)ccc1OCc1ccc(C)cc1. The summed E-state index contributed by atoms with van der Waals surface area (Å²) >= 11 is 0. The molecule has 0 fully saturated rings. The van der Waals surface area contributed by atoms with E-state index in [2.05, 4.69) is 5.10 Å². The first-order valence-corrected chi connectivity index (χ1v) is 8.36. The fraction of sp³-hybridized carbons (Fsp3) is 0.316. The quantitative estimate of drug-likeness (QED) is 0.263. The molecule has 0 radical (unpaired) electrons. The zero-order valence-corrected chi connectivity index (χ0v) is 15.7. The molecule has 0 amide bonds. The van der Waals surface area contributed by atoms with E-state index in [1.165, 1.54) is 25.3 Å². The van der Waals surface area contributed by atoms with Crippen LogP contribution >= 0.6 is 0 Å². The number of methoxy groups -OCH3 is 1. The van der Waals surface area contributed by atoms with Gasteiger partial charge in [0.15, 0.2) is 11.5 Å². The Kier molecular flexibility index (Phi) is 6.84. The zero-order valence-electron chi connectivity index (χ0n) is 15.7. The van der Waals surface area contributed by atoms with E-state index in [1.807, 2.05) is 31.2 Å². The number of hydrazone groups is 1. The second-order valence-corrected chi connectivity index (χ2v) is 6.20. The maximum atomic E-state index is 13.2. The van der Waals surface area contributed by atoms with E-state index in [1.54, 1.807) is 0 Å². The summed E-state index contributed by atoms with van der Waals surface area (Å²) in [5.74, 6) is -5.82. The minimum Gasteiger partial charge on any atom is -0.493 e. The molecule has 4 nitrogen and oxygen atoms in total. The Labute approximate surface area is 167 Å². The molecular formula is C19H17F7N2O2. The minimum atomic E-state index is -6.45. The average molecular weight is 438 g/mol. The Bertz CT molecular complexity index is 881. The lowest BCUT2D eigenvalue weighted by atomic mass is 10.2. The first-order valence-electron chi connectivity index (χ1n) is 8.36. The van der Waals surface area contributed by atoms with Crippen LogP contribution in [0.5, 0.6) is 11.5 Å². The molecule has 0 spiro atoms. The lowest BCUT2D eigenvalue weighted by Crippen LogP contribution is -2.58. The highest BCUT2D eigenvalue weighted by atomic mass is 19.4. The van der Waals surface area contributed by atoms with Gasteiger partial charge in [-0.1, -0.05) is 29.8 Å². The van der Waals surface area contributed by atoms with E-state index in [0.29, 0.717) is 17.4 Å². The summed E-state index contributed by atoms with van der Waals surface area (Å²) in [5, 5.41) is 2.80. The smallest absolute Gasteiger partial charge is 0.462 e. The summed E-state index contributed by atoms with van der Waals surface area (Å²) in [4.78, 5) is 0. The maximum absolute atomic E-state index is 13.2. The van der Waals surface area contributed by atoms with Crippen LogP contribution in [-0.2, 0) is 6.61 Å². The van der Waals surface area contributed by atoms with E-state index in [9.17, 15) is 30.7 Å². The lowest BCUT2D eigenvalue weighted by Gasteiger charge is -2.27. The van der Waals surface area contributed by atoms with E-state index in [-0.39, 0.29) is 17.9 Å². The summed E-state index contributed by atoms with van der Waals surface area (Å²) in [6, 6.07) is 5.94. The van der Waals surface area contributed by atoms with Crippen LogP contribution in [0.1, 0.15) is 16.7 Å². The van der Waals surface area contributed by atoms with E-state index in [4.69, 9.17) is 9.47 Å². The maximum Gasteiger partial charge on any atom is 0.462 e. The Morgan fingerprint density at radius 2 is 1.57 bits per heavy atom. The Morgan fingerprint density at radius 1 is 0.933 bits per heavy atom. The van der Waals surface area contributed by atoms with Gasteiger partial charge in [0.05, 0.1) is 13.3 Å². The average Bonchev–Trinajstić information content (AvgIpc) is 2.67. The van der Waals surface area contributed by atoms with Crippen LogP contribution in [0.3, 0.4) is 0 Å². The molecular weight excluding hydrogens is 421 g/mol. The van der Waals surface area contributed by atoms with Crippen LogP contribution in [0.2, 0.25) is 0 Å². The van der Waals surface area contributed by atoms with Gasteiger partial charge in [0, 0.05) is 0 Å². The van der Waals surface area contributed by atoms with Gasteiger partial charge in [-0.25, -0.2) is 5.43 Å². The highest BCUT2D eigenvalue weighted by Gasteiger charge is 2.73. The van der Waals surface area contributed by atoms with Crippen molar-refractivity contribution in [3.8, 4) is 11.5 Å². The number of ether oxygens (including phenoxy) is 2. The Balaban J connectivity index is 2.07. The van der Waals surface area contributed by atoms with Crippen LogP contribution in [-0.4, -0.2) is 31.5 Å². The predicted molar refractivity (Wildman–Crippen MR) is 95.2 cm³/mol. The molecule has 0 aromatic heterocycles. The molecule has 0 saturated carbocycles. The van der Waals surface area contributed by atoms with Crippen molar-refractivity contribution < 1.29 is 40.2 Å². The molecule has 11 heteroatoms. The fourth-order valence-corrected chi connectivity index (χ4v) is 2.17. The molecule has 0 atom stereocenters. The number of rotatable bonds is 8. The van der Waals surface area contributed by atoms with Crippen molar-refractivity contribution in [2.45, 2.75) is 31.7 Å². The molecule has 30 heavy (non-hydrogen) atoms. The van der Waals surface area contributed by atoms with Crippen molar-refractivity contribution in [3.63, 3.8) is 0 Å². The van der Waals surface area contributed by atoms with Crippen LogP contribution in [0.25, 0.3) is 0 Å². The molecule has 0 heterocycles. The number of benzene rings is 2. The predicted octanol–water partition coefficient (Wildman–Crippen LogP) is 5.30. The van der Waals surface area contributed by atoms with Gasteiger partial charge in [-0.2, -0.15) is 35.8 Å². The van der Waals surface area contributed by atoms with Crippen LogP contribution < -0.4 is 14.9 Å². The van der Waals surface area contributed by atoms with Gasteiger partial charge < -0.3 is 9.47 Å². The summed E-state index contributed by atoms with van der Waals surface area (Å²) in [6.07, 6.45) is -5.80. The highest BCUT2D eigenvalue weighted by molar-refractivity contribution is 5.80. The number of nitrogens with one attached hydrogen (secondary N) is 1. The third kappa shape index (κ3) is 5.33. The van der Waals surface area contributed by atoms with Crippen molar-refractivity contribution in [2.24, 2.45) is 5.10 Å². The van der Waals surface area contributed by atoms with Gasteiger partial charge in [-0.15, -0.1) is 0 Å². The molecule has 1 N–H and O–H groups in total. The molecule has 164 valence electrons. The fourth-order valence-electron chi connectivity index (χ4n) is 2.17. The number of nitrogens with zero attached hydrogens (tertiary/aromatic N) is 1. The van der Waals surface area contributed by atoms with E-state index in [0.717, 1.165) is 11.1 Å². The second kappa shape index (κ2) is 8.80. The largest absolute Gasteiger partial charge is 0.493 e. The zero-order chi connectivity index (χ0) is 22.6. The minimum absolute atomic E-state index is 0.0909. The normalized spacial score (nSPS) is 12.8. The number of alkyl halides is 7. The third-order valence-corrected chi connectivity index (χ3v) is 3.87. The van der Waals surface area contributed by atoms with Gasteiger partial charge in [-0.3, -0.25) is 0 Å². The monoisotopic (exact) mass is 438 g/mol. The molecule has 0 saturated heterocycles. The van der Waals surface area contributed by atoms with Gasteiger partial charge in [-0.05, 0) is 36.2 Å². The summed E-state index contributed by atoms with van der Waals surface area (Å²) < 4.78 is 98.9. The Hall–Kier alpha value is -2.98. The van der Waals surface area contributed by atoms with Crippen molar-refractivity contribution in [3.05, 3.63) is 59.2 Å². The molecule has 2 rings (SSSR count). The van der Waals surface area contributed by atoms with Crippen LogP contribution in [0, 0.1) is 6.92 Å². The van der Waals surface area contributed by atoms with Gasteiger partial charge in [0.2, 0.25) is 0 Å². The number of aryl methyl sites for hydroxylation is 1. The van der Waals surface area contributed by atoms with Crippen molar-refractivity contribution in [1.82, 2.24) is 5.43 Å². The summed E-state index contributed by atoms with van der Waals surface area (Å²) in [6.45, 7) is 2.15. The summed E-state index contributed by atoms with van der Waals surface area (Å²) in [5.41, 5.74) is 2.60. The lowest BCUT2D eigenvalue weighted by molar-refractivity contribution is -0.361. The molecule has 2 aromatic carbocycles. The molecule has 0 aliphatic rings. The topological polar surface area (TPSA) is 42.8 Å². The van der Waals surface area contributed by atoms with Crippen molar-refractivity contribution in [1.29, 1.82) is 0 Å². The Morgan fingerprint density at radius 3 is 2.13 bits per heavy atom. The number of hydrogen-bond donors (Lipinski definition) is 1. The third-order valence-electron chi connectivity index (χ3n) is 3.87. The molecule has 0 unspecified atom stereocenters. The van der Waals surface area contributed by atoms with Gasteiger partial charge >= 0.3 is 18.1 Å². The molecule has 2 aromatic rings. The van der Waals surface area contributed by atoms with E-state index < -0.39 is 18.1 Å².